The van der Waals surface area contributed by atoms with Crippen LogP contribution in [0.3, 0.4) is 0 Å². The van der Waals surface area contributed by atoms with Gasteiger partial charge in [0.15, 0.2) is 0 Å². The Hall–Kier alpha value is -0.820. The van der Waals surface area contributed by atoms with Crippen LogP contribution in [0.2, 0.25) is 0 Å². The Morgan fingerprint density at radius 2 is 2.00 bits per heavy atom. The van der Waals surface area contributed by atoms with E-state index in [9.17, 15) is 0 Å². The van der Waals surface area contributed by atoms with E-state index in [-0.39, 0.29) is 0 Å². The van der Waals surface area contributed by atoms with Gasteiger partial charge in [-0.15, -0.1) is 0 Å². The first-order valence-electron chi connectivity index (χ1n) is 6.49. The van der Waals surface area contributed by atoms with E-state index in [2.05, 4.69) is 49.5 Å². The maximum atomic E-state index is 3.75. The van der Waals surface area contributed by atoms with Crippen molar-refractivity contribution >= 4 is 0 Å². The van der Waals surface area contributed by atoms with Crippen LogP contribution in [0.25, 0.3) is 0 Å². The minimum atomic E-state index is 0.371. The Kier molecular flexibility index (Phi) is 3.65. The molecule has 1 fully saturated rings. The van der Waals surface area contributed by atoms with E-state index in [1.54, 1.807) is 0 Å². The van der Waals surface area contributed by atoms with Gasteiger partial charge in [0, 0.05) is 5.54 Å². The van der Waals surface area contributed by atoms with Crippen molar-refractivity contribution in [3.05, 3.63) is 35.9 Å². The summed E-state index contributed by atoms with van der Waals surface area (Å²) in [5.41, 5.74) is 1.84. The van der Waals surface area contributed by atoms with Crippen molar-refractivity contribution in [2.45, 2.75) is 45.1 Å². The van der Waals surface area contributed by atoms with Crippen LogP contribution in [-0.2, 0) is 6.42 Å². The summed E-state index contributed by atoms with van der Waals surface area (Å²) in [4.78, 5) is 0. The van der Waals surface area contributed by atoms with Gasteiger partial charge in [-0.25, -0.2) is 0 Å². The monoisotopic (exact) mass is 217 g/mol. The predicted octanol–water partition coefficient (Wildman–Crippen LogP) is 3.40. The molecule has 1 aromatic carbocycles. The fourth-order valence-corrected chi connectivity index (χ4v) is 3.03. The van der Waals surface area contributed by atoms with Gasteiger partial charge in [0.2, 0.25) is 0 Å². The first-order valence-corrected chi connectivity index (χ1v) is 6.49. The van der Waals surface area contributed by atoms with Gasteiger partial charge in [-0.1, -0.05) is 44.2 Å². The first kappa shape index (κ1) is 11.7. The van der Waals surface area contributed by atoms with E-state index in [0.29, 0.717) is 5.54 Å². The average Bonchev–Trinajstić information content (AvgIpc) is 2.66. The molecular weight excluding hydrogens is 194 g/mol. The lowest BCUT2D eigenvalue weighted by atomic mass is 9.82. The smallest absolute Gasteiger partial charge is 0.0224 e. The molecule has 1 heteroatoms. The maximum absolute atomic E-state index is 3.75. The Bertz CT molecular complexity index is 309. The quantitative estimate of drug-likeness (QED) is 0.815. The standard InChI is InChI=1S/C15H23N/c1-13(2)11-15(9-6-10-16-15)12-14-7-4-3-5-8-14/h3-5,7-8,13,16H,6,9-12H2,1-2H3. The molecule has 1 aliphatic rings. The fraction of sp³-hybridized carbons (Fsp3) is 0.600. The molecule has 0 aromatic heterocycles. The van der Waals surface area contributed by atoms with Crippen LogP contribution in [0.15, 0.2) is 30.3 Å². The van der Waals surface area contributed by atoms with Crippen molar-refractivity contribution in [2.24, 2.45) is 5.92 Å². The summed E-state index contributed by atoms with van der Waals surface area (Å²) in [7, 11) is 0. The molecule has 2 rings (SSSR count). The molecule has 0 bridgehead atoms. The second-order valence-electron chi connectivity index (χ2n) is 5.57. The third-order valence-corrected chi connectivity index (χ3v) is 3.52. The molecule has 1 nitrogen and oxygen atoms in total. The van der Waals surface area contributed by atoms with Gasteiger partial charge < -0.3 is 5.32 Å². The van der Waals surface area contributed by atoms with Crippen molar-refractivity contribution in [3.63, 3.8) is 0 Å². The van der Waals surface area contributed by atoms with Crippen molar-refractivity contribution in [1.29, 1.82) is 0 Å². The predicted molar refractivity (Wildman–Crippen MR) is 69.6 cm³/mol. The van der Waals surface area contributed by atoms with E-state index in [0.717, 1.165) is 5.92 Å². The lowest BCUT2D eigenvalue weighted by molar-refractivity contribution is 0.301. The minimum absolute atomic E-state index is 0.371. The van der Waals surface area contributed by atoms with E-state index in [4.69, 9.17) is 0 Å². The molecule has 16 heavy (non-hydrogen) atoms. The number of rotatable bonds is 4. The Morgan fingerprint density at radius 3 is 2.56 bits per heavy atom. The fourth-order valence-electron chi connectivity index (χ4n) is 3.03. The zero-order valence-electron chi connectivity index (χ0n) is 10.5. The highest BCUT2D eigenvalue weighted by atomic mass is 15.0. The van der Waals surface area contributed by atoms with Gasteiger partial charge in [-0.2, -0.15) is 0 Å². The summed E-state index contributed by atoms with van der Waals surface area (Å²) in [5.74, 6) is 0.773. The summed E-state index contributed by atoms with van der Waals surface area (Å²) >= 11 is 0. The molecule has 1 N–H and O–H groups in total. The second-order valence-corrected chi connectivity index (χ2v) is 5.57. The van der Waals surface area contributed by atoms with Gasteiger partial charge in [-0.05, 0) is 43.7 Å². The van der Waals surface area contributed by atoms with Gasteiger partial charge in [0.1, 0.15) is 0 Å². The Balaban J connectivity index is 2.08. The molecule has 1 heterocycles. The van der Waals surface area contributed by atoms with E-state index in [1.807, 2.05) is 0 Å². The van der Waals surface area contributed by atoms with Crippen LogP contribution in [-0.4, -0.2) is 12.1 Å². The summed E-state index contributed by atoms with van der Waals surface area (Å²) in [6.07, 6.45) is 5.15. The molecule has 0 saturated carbocycles. The van der Waals surface area contributed by atoms with E-state index >= 15 is 0 Å². The van der Waals surface area contributed by atoms with Crippen LogP contribution < -0.4 is 5.32 Å². The zero-order chi connectivity index (χ0) is 11.4. The van der Waals surface area contributed by atoms with Crippen molar-refractivity contribution < 1.29 is 0 Å². The Labute approximate surface area is 99.3 Å². The molecule has 1 atom stereocenters. The number of benzene rings is 1. The number of hydrogen-bond acceptors (Lipinski definition) is 1. The second kappa shape index (κ2) is 5.01. The van der Waals surface area contributed by atoms with E-state index in [1.165, 1.54) is 37.8 Å². The molecule has 1 aromatic rings. The topological polar surface area (TPSA) is 12.0 Å². The van der Waals surface area contributed by atoms with Gasteiger partial charge in [-0.3, -0.25) is 0 Å². The molecule has 0 aliphatic carbocycles. The van der Waals surface area contributed by atoms with Crippen LogP contribution >= 0.6 is 0 Å². The van der Waals surface area contributed by atoms with Gasteiger partial charge in [0.25, 0.3) is 0 Å². The molecule has 1 saturated heterocycles. The first-order chi connectivity index (χ1) is 7.70. The summed E-state index contributed by atoms with van der Waals surface area (Å²) in [5, 5.41) is 3.75. The zero-order valence-corrected chi connectivity index (χ0v) is 10.5. The van der Waals surface area contributed by atoms with Crippen molar-refractivity contribution in [3.8, 4) is 0 Å². The summed E-state index contributed by atoms with van der Waals surface area (Å²) < 4.78 is 0. The Morgan fingerprint density at radius 1 is 1.25 bits per heavy atom. The number of hydrogen-bond donors (Lipinski definition) is 1. The molecule has 1 unspecified atom stereocenters. The van der Waals surface area contributed by atoms with Crippen LogP contribution in [0.4, 0.5) is 0 Å². The summed E-state index contributed by atoms with van der Waals surface area (Å²) in [6.45, 7) is 5.85. The average molecular weight is 217 g/mol. The minimum Gasteiger partial charge on any atom is -0.311 e. The maximum Gasteiger partial charge on any atom is 0.0224 e. The van der Waals surface area contributed by atoms with E-state index < -0.39 is 0 Å². The highest BCUT2D eigenvalue weighted by molar-refractivity contribution is 5.18. The van der Waals surface area contributed by atoms with Crippen molar-refractivity contribution in [2.75, 3.05) is 6.54 Å². The van der Waals surface area contributed by atoms with Crippen molar-refractivity contribution in [1.82, 2.24) is 5.32 Å². The third kappa shape index (κ3) is 2.85. The molecule has 0 amide bonds. The lowest BCUT2D eigenvalue weighted by Crippen LogP contribution is -2.43. The van der Waals surface area contributed by atoms with Gasteiger partial charge >= 0.3 is 0 Å². The highest BCUT2D eigenvalue weighted by Gasteiger charge is 2.33. The number of nitrogens with one attached hydrogen (secondary N) is 1. The normalized spacial score (nSPS) is 25.2. The molecule has 88 valence electrons. The highest BCUT2D eigenvalue weighted by Crippen LogP contribution is 2.30. The van der Waals surface area contributed by atoms with Crippen LogP contribution in [0.5, 0.6) is 0 Å². The van der Waals surface area contributed by atoms with Crippen LogP contribution in [0, 0.1) is 5.92 Å². The summed E-state index contributed by atoms with van der Waals surface area (Å²) in [6, 6.07) is 10.9. The SMILES string of the molecule is CC(C)CC1(Cc2ccccc2)CCCN1. The largest absolute Gasteiger partial charge is 0.311 e. The van der Waals surface area contributed by atoms with Crippen LogP contribution in [0.1, 0.15) is 38.7 Å². The lowest BCUT2D eigenvalue weighted by Gasteiger charge is -2.31. The molecular formula is C15H23N. The third-order valence-electron chi connectivity index (χ3n) is 3.52. The van der Waals surface area contributed by atoms with Gasteiger partial charge in [0.05, 0.1) is 0 Å². The molecule has 0 spiro atoms. The molecule has 0 radical (unpaired) electrons. The molecule has 1 aliphatic heterocycles.